The fourth-order valence-corrected chi connectivity index (χ4v) is 3.50. The topological polar surface area (TPSA) is 38.3 Å². The molecule has 5 heteroatoms. The van der Waals surface area contributed by atoms with Gasteiger partial charge in [0.15, 0.2) is 16.7 Å². The summed E-state index contributed by atoms with van der Waals surface area (Å²) < 4.78 is 5.42. The van der Waals surface area contributed by atoms with Crippen molar-refractivity contribution in [2.75, 3.05) is 18.6 Å². The first-order valence-electron chi connectivity index (χ1n) is 7.49. The summed E-state index contributed by atoms with van der Waals surface area (Å²) in [5.41, 5.74) is 3.90. The van der Waals surface area contributed by atoms with E-state index in [0.717, 1.165) is 25.2 Å². The molecular formula is C17H20ClN3O. The van der Waals surface area contributed by atoms with Crippen molar-refractivity contribution in [3.63, 3.8) is 0 Å². The Hall–Kier alpha value is -1.81. The first kappa shape index (κ1) is 15.1. The molecule has 116 valence electrons. The lowest BCUT2D eigenvalue weighted by molar-refractivity contribution is 0.410. The maximum atomic E-state index is 6.15. The minimum Gasteiger partial charge on any atom is -0.490 e. The number of rotatable bonds is 3. The van der Waals surface area contributed by atoms with Crippen LogP contribution in [0, 0.1) is 13.8 Å². The first-order chi connectivity index (χ1) is 10.6. The molecule has 2 aromatic rings. The van der Waals surface area contributed by atoms with E-state index >= 15 is 0 Å². The highest BCUT2D eigenvalue weighted by Gasteiger charge is 2.30. The van der Waals surface area contributed by atoms with Gasteiger partial charge in [-0.2, -0.15) is 0 Å². The summed E-state index contributed by atoms with van der Waals surface area (Å²) in [4.78, 5) is 10.7. The molecule has 4 nitrogen and oxygen atoms in total. The van der Waals surface area contributed by atoms with Gasteiger partial charge in [-0.3, -0.25) is 0 Å². The van der Waals surface area contributed by atoms with Crippen LogP contribution < -0.4 is 9.64 Å². The molecule has 1 aromatic carbocycles. The number of aryl methyl sites for hydroxylation is 2. The highest BCUT2D eigenvalue weighted by atomic mass is 35.5. The Morgan fingerprint density at radius 3 is 2.59 bits per heavy atom. The van der Waals surface area contributed by atoms with E-state index in [-0.39, 0.29) is 0 Å². The smallest absolute Gasteiger partial charge is 0.199 e. The third-order valence-corrected chi connectivity index (χ3v) is 4.37. The number of hydrogen-bond acceptors (Lipinski definition) is 4. The fourth-order valence-electron chi connectivity index (χ4n) is 3.29. The second-order valence-corrected chi connectivity index (χ2v) is 6.15. The van der Waals surface area contributed by atoms with Crippen LogP contribution in [0.15, 0.2) is 24.5 Å². The Bertz CT molecular complexity index is 669. The molecule has 1 aromatic heterocycles. The molecule has 3 rings (SSSR count). The van der Waals surface area contributed by atoms with E-state index in [1.54, 1.807) is 7.11 Å². The van der Waals surface area contributed by atoms with Gasteiger partial charge in [0.05, 0.1) is 13.2 Å². The molecule has 0 spiro atoms. The third-order valence-electron chi connectivity index (χ3n) is 4.10. The number of anilines is 1. The fraction of sp³-hybridized carbons (Fsp3) is 0.412. The molecule has 0 radical (unpaired) electrons. The highest BCUT2D eigenvalue weighted by molar-refractivity contribution is 6.31. The zero-order chi connectivity index (χ0) is 15.7. The first-order valence-corrected chi connectivity index (χ1v) is 7.87. The average Bonchev–Trinajstić information content (AvgIpc) is 2.95. The van der Waals surface area contributed by atoms with Crippen LogP contribution in [0.2, 0.25) is 5.15 Å². The summed E-state index contributed by atoms with van der Waals surface area (Å²) in [7, 11) is 1.61. The van der Waals surface area contributed by atoms with Crippen LogP contribution in [-0.4, -0.2) is 23.6 Å². The zero-order valence-corrected chi connectivity index (χ0v) is 13.9. The molecule has 0 N–H and O–H groups in total. The second kappa shape index (κ2) is 6.13. The summed E-state index contributed by atoms with van der Waals surface area (Å²) in [5.74, 6) is 1.34. The van der Waals surface area contributed by atoms with Gasteiger partial charge in [-0.05, 0) is 32.3 Å². The summed E-state index contributed by atoms with van der Waals surface area (Å²) in [6.07, 6.45) is 3.73. The summed E-state index contributed by atoms with van der Waals surface area (Å²) in [5, 5.41) is 0.360. The van der Waals surface area contributed by atoms with Gasteiger partial charge < -0.3 is 9.64 Å². The second-order valence-electron chi connectivity index (χ2n) is 5.79. The predicted molar refractivity (Wildman–Crippen MR) is 88.8 cm³/mol. The van der Waals surface area contributed by atoms with Gasteiger partial charge in [-0.25, -0.2) is 9.97 Å². The standard InChI is InChI=1S/C17H20ClN3O/c1-11-7-12(2)9-13(8-11)14-5-4-6-21(14)17-15(22-3)16(18)19-10-20-17/h7-10,14H,4-6H2,1-3H3/t14-/m0/s1. The molecule has 0 aliphatic carbocycles. The third kappa shape index (κ3) is 2.75. The van der Waals surface area contributed by atoms with Crippen molar-refractivity contribution in [1.82, 2.24) is 9.97 Å². The lowest BCUT2D eigenvalue weighted by Crippen LogP contribution is -2.24. The van der Waals surface area contributed by atoms with Crippen LogP contribution in [0.5, 0.6) is 5.75 Å². The van der Waals surface area contributed by atoms with Crippen molar-refractivity contribution >= 4 is 17.4 Å². The number of halogens is 1. The number of methoxy groups -OCH3 is 1. The summed E-state index contributed by atoms with van der Waals surface area (Å²) >= 11 is 6.15. The maximum absolute atomic E-state index is 6.15. The molecule has 1 aliphatic heterocycles. The Kier molecular flexibility index (Phi) is 4.21. The van der Waals surface area contributed by atoms with E-state index in [4.69, 9.17) is 16.3 Å². The number of benzene rings is 1. The van der Waals surface area contributed by atoms with Gasteiger partial charge in [-0.15, -0.1) is 0 Å². The zero-order valence-electron chi connectivity index (χ0n) is 13.1. The van der Waals surface area contributed by atoms with Gasteiger partial charge in [0.25, 0.3) is 0 Å². The summed E-state index contributed by atoms with van der Waals surface area (Å²) in [6.45, 7) is 5.22. The SMILES string of the molecule is COc1c(Cl)ncnc1N1CCC[C@H]1c1cc(C)cc(C)c1. The maximum Gasteiger partial charge on any atom is 0.199 e. The molecule has 0 unspecified atom stereocenters. The van der Waals surface area contributed by atoms with Crippen molar-refractivity contribution in [2.24, 2.45) is 0 Å². The molecule has 0 saturated carbocycles. The van der Waals surface area contributed by atoms with Gasteiger partial charge in [0, 0.05) is 6.54 Å². The number of aromatic nitrogens is 2. The highest BCUT2D eigenvalue weighted by Crippen LogP contribution is 2.41. The quantitative estimate of drug-likeness (QED) is 0.799. The monoisotopic (exact) mass is 317 g/mol. The lowest BCUT2D eigenvalue weighted by Gasteiger charge is -2.27. The predicted octanol–water partition coefficient (Wildman–Crippen LogP) is 4.10. The number of ether oxygens (including phenoxy) is 1. The molecule has 0 bridgehead atoms. The van der Waals surface area contributed by atoms with Gasteiger partial charge in [0.2, 0.25) is 0 Å². The normalized spacial score (nSPS) is 17.8. The van der Waals surface area contributed by atoms with Crippen LogP contribution >= 0.6 is 11.6 Å². The largest absolute Gasteiger partial charge is 0.490 e. The van der Waals surface area contributed by atoms with E-state index in [9.17, 15) is 0 Å². The van der Waals surface area contributed by atoms with Crippen LogP contribution in [0.25, 0.3) is 0 Å². The van der Waals surface area contributed by atoms with Gasteiger partial charge >= 0.3 is 0 Å². The minimum absolute atomic E-state index is 0.304. The average molecular weight is 318 g/mol. The molecule has 1 fully saturated rings. The Balaban J connectivity index is 2.02. The Labute approximate surface area is 136 Å². The molecule has 0 amide bonds. The van der Waals surface area contributed by atoms with Gasteiger partial charge in [-0.1, -0.05) is 40.9 Å². The van der Waals surface area contributed by atoms with E-state index in [1.165, 1.54) is 23.0 Å². The molecule has 2 heterocycles. The molecule has 1 atom stereocenters. The van der Waals surface area contributed by atoms with Crippen LogP contribution in [-0.2, 0) is 0 Å². The lowest BCUT2D eigenvalue weighted by atomic mass is 9.99. The van der Waals surface area contributed by atoms with E-state index in [2.05, 4.69) is 46.9 Å². The van der Waals surface area contributed by atoms with Crippen molar-refractivity contribution in [2.45, 2.75) is 32.7 Å². The molecule has 1 saturated heterocycles. The minimum atomic E-state index is 0.304. The van der Waals surface area contributed by atoms with E-state index in [0.29, 0.717) is 16.9 Å². The van der Waals surface area contributed by atoms with Crippen LogP contribution in [0.1, 0.15) is 35.6 Å². The van der Waals surface area contributed by atoms with Crippen LogP contribution in [0.3, 0.4) is 0 Å². The van der Waals surface area contributed by atoms with Crippen molar-refractivity contribution in [1.29, 1.82) is 0 Å². The van der Waals surface area contributed by atoms with Crippen molar-refractivity contribution in [3.8, 4) is 5.75 Å². The van der Waals surface area contributed by atoms with Gasteiger partial charge in [0.1, 0.15) is 6.33 Å². The van der Waals surface area contributed by atoms with Crippen LogP contribution in [0.4, 0.5) is 5.82 Å². The number of nitrogens with zero attached hydrogens (tertiary/aromatic N) is 3. The Morgan fingerprint density at radius 2 is 1.91 bits per heavy atom. The molecular weight excluding hydrogens is 298 g/mol. The van der Waals surface area contributed by atoms with Crippen molar-refractivity contribution in [3.05, 3.63) is 46.4 Å². The molecule has 1 aliphatic rings. The number of hydrogen-bond donors (Lipinski definition) is 0. The van der Waals surface area contributed by atoms with E-state index < -0.39 is 0 Å². The Morgan fingerprint density at radius 1 is 1.18 bits per heavy atom. The molecule has 22 heavy (non-hydrogen) atoms. The van der Waals surface area contributed by atoms with Crippen molar-refractivity contribution < 1.29 is 4.74 Å². The van der Waals surface area contributed by atoms with E-state index in [1.807, 2.05) is 0 Å². The summed E-state index contributed by atoms with van der Waals surface area (Å²) in [6, 6.07) is 7.01.